The van der Waals surface area contributed by atoms with Crippen molar-refractivity contribution in [1.29, 1.82) is 0 Å². The maximum Gasteiger partial charge on any atom is 0.0624 e. The minimum absolute atomic E-state index is 0.480. The van der Waals surface area contributed by atoms with Gasteiger partial charge < -0.3 is 5.32 Å². The molecule has 0 saturated carbocycles. The molecule has 0 aliphatic heterocycles. The van der Waals surface area contributed by atoms with Crippen molar-refractivity contribution in [1.82, 2.24) is 15.1 Å². The van der Waals surface area contributed by atoms with Gasteiger partial charge in [0.25, 0.3) is 0 Å². The summed E-state index contributed by atoms with van der Waals surface area (Å²) in [6.45, 7) is 2.16. The molecule has 3 heteroatoms. The molecule has 0 spiro atoms. The van der Waals surface area contributed by atoms with Crippen molar-refractivity contribution in [2.75, 3.05) is 7.05 Å². The molecule has 1 N–H and O–H groups in total. The quantitative estimate of drug-likeness (QED) is 0.914. The SMILES string of the molecule is CCc1cc(CC(NC)C2CCc3ccccc32)n(C)n1. The van der Waals surface area contributed by atoms with E-state index >= 15 is 0 Å². The maximum atomic E-state index is 4.58. The number of aryl methyl sites for hydroxylation is 3. The summed E-state index contributed by atoms with van der Waals surface area (Å²) in [4.78, 5) is 0. The Morgan fingerprint density at radius 1 is 1.38 bits per heavy atom. The summed E-state index contributed by atoms with van der Waals surface area (Å²) < 4.78 is 2.05. The van der Waals surface area contributed by atoms with Crippen molar-refractivity contribution >= 4 is 0 Å². The molecule has 1 heterocycles. The van der Waals surface area contributed by atoms with Crippen LogP contribution in [0.3, 0.4) is 0 Å². The van der Waals surface area contributed by atoms with Gasteiger partial charge in [-0.3, -0.25) is 4.68 Å². The minimum Gasteiger partial charge on any atom is -0.316 e. The third-order valence-corrected chi connectivity index (χ3v) is 4.85. The fraction of sp³-hybridized carbons (Fsp3) is 0.500. The van der Waals surface area contributed by atoms with E-state index in [4.69, 9.17) is 0 Å². The molecule has 0 radical (unpaired) electrons. The predicted molar refractivity (Wildman–Crippen MR) is 86.6 cm³/mol. The van der Waals surface area contributed by atoms with Gasteiger partial charge in [0.15, 0.2) is 0 Å². The summed E-state index contributed by atoms with van der Waals surface area (Å²) in [6.07, 6.45) is 4.51. The second kappa shape index (κ2) is 6.02. The van der Waals surface area contributed by atoms with E-state index in [2.05, 4.69) is 61.8 Å². The van der Waals surface area contributed by atoms with Gasteiger partial charge in [0.2, 0.25) is 0 Å². The number of nitrogens with one attached hydrogen (secondary N) is 1. The second-order valence-corrected chi connectivity index (χ2v) is 6.05. The van der Waals surface area contributed by atoms with Crippen LogP contribution in [0.15, 0.2) is 30.3 Å². The highest BCUT2D eigenvalue weighted by Crippen LogP contribution is 2.36. The fourth-order valence-corrected chi connectivity index (χ4v) is 3.61. The molecule has 112 valence electrons. The van der Waals surface area contributed by atoms with Crippen LogP contribution in [-0.4, -0.2) is 22.9 Å². The van der Waals surface area contributed by atoms with Gasteiger partial charge in [0.05, 0.1) is 5.69 Å². The number of fused-ring (bicyclic) bond motifs is 1. The van der Waals surface area contributed by atoms with E-state index in [0.717, 1.165) is 12.8 Å². The normalized spacial score (nSPS) is 18.7. The number of rotatable bonds is 5. The average Bonchev–Trinajstić information content (AvgIpc) is 3.08. The molecular formula is C18H25N3. The molecule has 1 aliphatic carbocycles. The lowest BCUT2D eigenvalue weighted by Gasteiger charge is -2.24. The first kappa shape index (κ1) is 14.3. The van der Waals surface area contributed by atoms with Crippen molar-refractivity contribution in [3.05, 3.63) is 52.8 Å². The lowest BCUT2D eigenvalue weighted by Crippen LogP contribution is -2.34. The van der Waals surface area contributed by atoms with E-state index in [1.807, 2.05) is 4.68 Å². The molecular weight excluding hydrogens is 258 g/mol. The standard InChI is InChI=1S/C18H25N3/c1-4-14-11-15(21(3)20-14)12-18(19-2)17-10-9-13-7-5-6-8-16(13)17/h5-8,11,17-19H,4,9-10,12H2,1-3H3. The summed E-state index contributed by atoms with van der Waals surface area (Å²) in [6, 6.07) is 11.6. The number of hydrogen-bond donors (Lipinski definition) is 1. The van der Waals surface area contributed by atoms with Crippen molar-refractivity contribution < 1.29 is 0 Å². The smallest absolute Gasteiger partial charge is 0.0624 e. The second-order valence-electron chi connectivity index (χ2n) is 6.05. The Balaban J connectivity index is 1.81. The molecule has 2 aromatic rings. The van der Waals surface area contributed by atoms with Crippen LogP contribution in [0.2, 0.25) is 0 Å². The largest absolute Gasteiger partial charge is 0.316 e. The van der Waals surface area contributed by atoms with Crippen molar-refractivity contribution in [3.63, 3.8) is 0 Å². The van der Waals surface area contributed by atoms with Gasteiger partial charge in [-0.05, 0) is 43.5 Å². The van der Waals surface area contributed by atoms with Gasteiger partial charge in [-0.2, -0.15) is 5.10 Å². The Bertz CT molecular complexity index is 615. The van der Waals surface area contributed by atoms with E-state index in [0.29, 0.717) is 12.0 Å². The first-order valence-electron chi connectivity index (χ1n) is 7.99. The highest BCUT2D eigenvalue weighted by Gasteiger charge is 2.29. The predicted octanol–water partition coefficient (Wildman–Crippen LogP) is 2.84. The van der Waals surface area contributed by atoms with Crippen LogP contribution in [0.25, 0.3) is 0 Å². The molecule has 2 atom stereocenters. The van der Waals surface area contributed by atoms with Crippen LogP contribution in [-0.2, 0) is 26.3 Å². The molecule has 0 fully saturated rings. The highest BCUT2D eigenvalue weighted by atomic mass is 15.3. The Hall–Kier alpha value is -1.61. The Morgan fingerprint density at radius 3 is 2.90 bits per heavy atom. The Morgan fingerprint density at radius 2 is 2.19 bits per heavy atom. The lowest BCUT2D eigenvalue weighted by molar-refractivity contribution is 0.445. The van der Waals surface area contributed by atoms with Crippen LogP contribution in [0, 0.1) is 0 Å². The van der Waals surface area contributed by atoms with Gasteiger partial charge in [-0.15, -0.1) is 0 Å². The molecule has 0 saturated heterocycles. The minimum atomic E-state index is 0.480. The molecule has 1 aromatic carbocycles. The third-order valence-electron chi connectivity index (χ3n) is 4.85. The van der Waals surface area contributed by atoms with Gasteiger partial charge in [0, 0.05) is 31.1 Å². The molecule has 2 unspecified atom stereocenters. The summed E-state index contributed by atoms with van der Waals surface area (Å²) in [7, 11) is 4.15. The van der Waals surface area contributed by atoms with Crippen molar-refractivity contribution in [2.24, 2.45) is 7.05 Å². The number of benzene rings is 1. The van der Waals surface area contributed by atoms with Crippen LogP contribution in [0.1, 0.15) is 41.8 Å². The molecule has 1 aromatic heterocycles. The number of likely N-dealkylation sites (N-methyl/N-ethyl adjacent to an activating group) is 1. The summed E-state index contributed by atoms with van der Waals surface area (Å²) in [5.74, 6) is 0.617. The third kappa shape index (κ3) is 2.75. The maximum absolute atomic E-state index is 4.58. The average molecular weight is 283 g/mol. The zero-order valence-electron chi connectivity index (χ0n) is 13.3. The lowest BCUT2D eigenvalue weighted by atomic mass is 9.90. The van der Waals surface area contributed by atoms with Gasteiger partial charge in [0.1, 0.15) is 0 Å². The molecule has 0 amide bonds. The van der Waals surface area contributed by atoms with Crippen LogP contribution in [0.4, 0.5) is 0 Å². The molecule has 0 bridgehead atoms. The van der Waals surface area contributed by atoms with Crippen molar-refractivity contribution in [3.8, 4) is 0 Å². The summed E-state index contributed by atoms with van der Waals surface area (Å²) in [5, 5.41) is 8.12. The molecule has 1 aliphatic rings. The zero-order chi connectivity index (χ0) is 14.8. The van der Waals surface area contributed by atoms with Gasteiger partial charge >= 0.3 is 0 Å². The van der Waals surface area contributed by atoms with Crippen LogP contribution in [0.5, 0.6) is 0 Å². The van der Waals surface area contributed by atoms with Crippen molar-refractivity contribution in [2.45, 2.75) is 44.6 Å². The molecule has 3 nitrogen and oxygen atoms in total. The van der Waals surface area contributed by atoms with Crippen LogP contribution >= 0.6 is 0 Å². The Labute approximate surface area is 127 Å². The van der Waals surface area contributed by atoms with E-state index in [9.17, 15) is 0 Å². The Kier molecular flexibility index (Phi) is 4.11. The number of hydrogen-bond acceptors (Lipinski definition) is 2. The topological polar surface area (TPSA) is 29.9 Å². The molecule has 21 heavy (non-hydrogen) atoms. The number of aromatic nitrogens is 2. The monoisotopic (exact) mass is 283 g/mol. The van der Waals surface area contributed by atoms with E-state index in [-0.39, 0.29) is 0 Å². The van der Waals surface area contributed by atoms with Gasteiger partial charge in [-0.25, -0.2) is 0 Å². The molecule has 3 rings (SSSR count). The summed E-state index contributed by atoms with van der Waals surface area (Å²) in [5.41, 5.74) is 5.58. The fourth-order valence-electron chi connectivity index (χ4n) is 3.61. The van der Waals surface area contributed by atoms with Crippen LogP contribution < -0.4 is 5.32 Å². The number of nitrogens with zero attached hydrogens (tertiary/aromatic N) is 2. The zero-order valence-corrected chi connectivity index (χ0v) is 13.3. The van der Waals surface area contributed by atoms with E-state index in [1.54, 1.807) is 0 Å². The van der Waals surface area contributed by atoms with E-state index in [1.165, 1.54) is 35.4 Å². The highest BCUT2D eigenvalue weighted by molar-refractivity contribution is 5.36. The first-order chi connectivity index (χ1) is 10.2. The van der Waals surface area contributed by atoms with E-state index < -0.39 is 0 Å². The van der Waals surface area contributed by atoms with Gasteiger partial charge in [-0.1, -0.05) is 31.2 Å². The first-order valence-corrected chi connectivity index (χ1v) is 7.99. The summed E-state index contributed by atoms with van der Waals surface area (Å²) >= 11 is 0.